The second kappa shape index (κ2) is 6.31. The minimum absolute atomic E-state index is 0.0805. The van der Waals surface area contributed by atoms with Crippen LogP contribution in [0.25, 0.3) is 0 Å². The van der Waals surface area contributed by atoms with E-state index < -0.39 is 0 Å². The van der Waals surface area contributed by atoms with Gasteiger partial charge in [-0.25, -0.2) is 4.39 Å². The first-order chi connectivity index (χ1) is 9.56. The molecule has 0 amide bonds. The van der Waals surface area contributed by atoms with Crippen molar-refractivity contribution in [3.8, 4) is 0 Å². The minimum Gasteiger partial charge on any atom is -0.289 e. The fourth-order valence-electron chi connectivity index (χ4n) is 2.25. The van der Waals surface area contributed by atoms with E-state index in [-0.39, 0.29) is 11.6 Å². The fourth-order valence-corrected chi connectivity index (χ4v) is 2.62. The Labute approximate surface area is 127 Å². The summed E-state index contributed by atoms with van der Waals surface area (Å²) in [4.78, 5) is 12.4. The van der Waals surface area contributed by atoms with Crippen molar-refractivity contribution in [3.05, 3.63) is 68.9 Å². The number of hydrogen-bond acceptors (Lipinski definition) is 1. The van der Waals surface area contributed by atoms with Gasteiger partial charge in [0.2, 0.25) is 0 Å². The maximum absolute atomic E-state index is 13.2. The van der Waals surface area contributed by atoms with Crippen LogP contribution in [0.3, 0.4) is 0 Å². The molecule has 0 heterocycles. The molecule has 0 N–H and O–H groups in total. The molecule has 2 aromatic carbocycles. The van der Waals surface area contributed by atoms with Crippen LogP contribution < -0.4 is 0 Å². The molecule has 0 aliphatic heterocycles. The third-order valence-corrected chi connectivity index (χ3v) is 4.02. The Bertz CT molecular complexity index is 649. The van der Waals surface area contributed by atoms with Gasteiger partial charge in [-0.05, 0) is 64.2 Å². The van der Waals surface area contributed by atoms with E-state index in [0.29, 0.717) is 15.6 Å². The van der Waals surface area contributed by atoms with E-state index in [4.69, 9.17) is 0 Å². The van der Waals surface area contributed by atoms with Gasteiger partial charge in [-0.2, -0.15) is 0 Å². The molecule has 0 aromatic heterocycles. The zero-order valence-electron chi connectivity index (χ0n) is 11.5. The number of halogens is 2. The van der Waals surface area contributed by atoms with Gasteiger partial charge in [-0.1, -0.05) is 26.0 Å². The Morgan fingerprint density at radius 2 is 1.60 bits per heavy atom. The van der Waals surface area contributed by atoms with Gasteiger partial charge in [0.15, 0.2) is 5.78 Å². The first-order valence-electron chi connectivity index (χ1n) is 6.68. The second-order valence-corrected chi connectivity index (χ2v) is 5.50. The highest BCUT2D eigenvalue weighted by atomic mass is 79.9. The van der Waals surface area contributed by atoms with Crippen molar-refractivity contribution in [1.29, 1.82) is 0 Å². The molecule has 20 heavy (non-hydrogen) atoms. The average Bonchev–Trinajstić information content (AvgIpc) is 2.48. The van der Waals surface area contributed by atoms with Crippen LogP contribution in [0.1, 0.15) is 40.9 Å². The van der Waals surface area contributed by atoms with Crippen molar-refractivity contribution >= 4 is 21.7 Å². The summed E-state index contributed by atoms with van der Waals surface area (Å²) in [5.41, 5.74) is 3.60. The van der Waals surface area contributed by atoms with Crippen molar-refractivity contribution in [2.45, 2.75) is 26.7 Å². The third-order valence-electron chi connectivity index (χ3n) is 3.41. The Morgan fingerprint density at radius 1 is 1.00 bits per heavy atom. The van der Waals surface area contributed by atoms with Crippen LogP contribution in [0.2, 0.25) is 0 Å². The molecule has 0 aliphatic carbocycles. The van der Waals surface area contributed by atoms with Crippen molar-refractivity contribution in [2.75, 3.05) is 0 Å². The zero-order valence-corrected chi connectivity index (χ0v) is 13.1. The summed E-state index contributed by atoms with van der Waals surface area (Å²) >= 11 is 3.11. The minimum atomic E-state index is -0.364. The maximum atomic E-state index is 13.2. The van der Waals surface area contributed by atoms with Crippen LogP contribution in [0.15, 0.2) is 40.9 Å². The third kappa shape index (κ3) is 2.98. The van der Waals surface area contributed by atoms with Crippen LogP contribution in [0.4, 0.5) is 4.39 Å². The fraction of sp³-hybridized carbons (Fsp3) is 0.235. The Hall–Kier alpha value is -1.48. The molecule has 2 rings (SSSR count). The lowest BCUT2D eigenvalue weighted by atomic mass is 9.96. The smallest absolute Gasteiger partial charge is 0.193 e. The summed E-state index contributed by atoms with van der Waals surface area (Å²) in [7, 11) is 0. The molecule has 0 unspecified atom stereocenters. The lowest BCUT2D eigenvalue weighted by Crippen LogP contribution is -2.04. The second-order valence-electron chi connectivity index (χ2n) is 4.65. The molecule has 0 atom stereocenters. The van der Waals surface area contributed by atoms with Crippen molar-refractivity contribution in [1.82, 2.24) is 0 Å². The first-order valence-corrected chi connectivity index (χ1v) is 7.47. The molecule has 0 saturated heterocycles. The van der Waals surface area contributed by atoms with E-state index in [1.54, 1.807) is 0 Å². The van der Waals surface area contributed by atoms with Gasteiger partial charge in [0.25, 0.3) is 0 Å². The quantitative estimate of drug-likeness (QED) is 0.723. The molecule has 0 bridgehead atoms. The highest BCUT2D eigenvalue weighted by Crippen LogP contribution is 2.21. The van der Waals surface area contributed by atoms with Gasteiger partial charge >= 0.3 is 0 Å². The topological polar surface area (TPSA) is 17.1 Å². The summed E-state index contributed by atoms with van der Waals surface area (Å²) < 4.78 is 13.5. The molecule has 1 nitrogen and oxygen atoms in total. The summed E-state index contributed by atoms with van der Waals surface area (Å²) in [6.07, 6.45) is 1.86. The molecular weight excluding hydrogens is 319 g/mol. The summed E-state index contributed by atoms with van der Waals surface area (Å²) in [6.45, 7) is 4.18. The normalized spacial score (nSPS) is 10.6. The van der Waals surface area contributed by atoms with E-state index in [1.807, 2.05) is 18.2 Å². The largest absolute Gasteiger partial charge is 0.289 e. The molecule has 0 radical (unpaired) electrons. The molecule has 2 aromatic rings. The van der Waals surface area contributed by atoms with Crippen LogP contribution in [0.5, 0.6) is 0 Å². The summed E-state index contributed by atoms with van der Waals surface area (Å²) in [5.74, 6) is -0.444. The SMILES string of the molecule is CCc1ccc(C(=O)c2ccc(F)c(Br)c2)cc1CC. The predicted octanol–water partition coefficient (Wildman–Crippen LogP) is 4.94. The first kappa shape index (κ1) is 14.9. The monoisotopic (exact) mass is 334 g/mol. The van der Waals surface area contributed by atoms with E-state index in [1.165, 1.54) is 29.3 Å². The highest BCUT2D eigenvalue weighted by molar-refractivity contribution is 9.10. The number of benzene rings is 2. The average molecular weight is 335 g/mol. The highest BCUT2D eigenvalue weighted by Gasteiger charge is 2.12. The van der Waals surface area contributed by atoms with E-state index >= 15 is 0 Å². The van der Waals surface area contributed by atoms with Crippen molar-refractivity contribution in [2.24, 2.45) is 0 Å². The molecule has 0 saturated carbocycles. The van der Waals surface area contributed by atoms with E-state index in [2.05, 4.69) is 29.8 Å². The number of rotatable bonds is 4. The van der Waals surface area contributed by atoms with Gasteiger partial charge < -0.3 is 0 Å². The lowest BCUT2D eigenvalue weighted by molar-refractivity contribution is 0.103. The number of carbonyl (C=O) groups excluding carboxylic acids is 1. The standard InChI is InChI=1S/C17H16BrFO/c1-3-11-5-6-13(9-12(11)4-2)17(20)14-7-8-16(19)15(18)10-14/h5-10H,3-4H2,1-2H3. The van der Waals surface area contributed by atoms with Crippen molar-refractivity contribution < 1.29 is 9.18 Å². The van der Waals surface area contributed by atoms with Crippen LogP contribution in [0, 0.1) is 5.82 Å². The summed E-state index contributed by atoms with van der Waals surface area (Å²) in [6, 6.07) is 10.1. The van der Waals surface area contributed by atoms with Gasteiger partial charge in [-0.3, -0.25) is 4.79 Å². The molecule has 0 fully saturated rings. The number of ketones is 1. The molecule has 3 heteroatoms. The van der Waals surface area contributed by atoms with Gasteiger partial charge in [0.1, 0.15) is 5.82 Å². The summed E-state index contributed by atoms with van der Waals surface area (Å²) in [5, 5.41) is 0. The number of aryl methyl sites for hydroxylation is 2. The van der Waals surface area contributed by atoms with Crippen LogP contribution >= 0.6 is 15.9 Å². The Morgan fingerprint density at radius 3 is 2.20 bits per heavy atom. The van der Waals surface area contributed by atoms with Gasteiger partial charge in [-0.15, -0.1) is 0 Å². The van der Waals surface area contributed by atoms with Crippen molar-refractivity contribution in [3.63, 3.8) is 0 Å². The number of hydrogen-bond donors (Lipinski definition) is 0. The molecule has 0 spiro atoms. The maximum Gasteiger partial charge on any atom is 0.193 e. The van der Waals surface area contributed by atoms with Crippen LogP contribution in [-0.2, 0) is 12.8 Å². The number of carbonyl (C=O) groups is 1. The molecule has 104 valence electrons. The Kier molecular flexibility index (Phi) is 4.71. The Balaban J connectivity index is 2.40. The predicted molar refractivity (Wildman–Crippen MR) is 82.7 cm³/mol. The van der Waals surface area contributed by atoms with Crippen LogP contribution in [-0.4, -0.2) is 5.78 Å². The zero-order chi connectivity index (χ0) is 14.7. The lowest BCUT2D eigenvalue weighted by Gasteiger charge is -2.09. The molecular formula is C17H16BrFO. The van der Waals surface area contributed by atoms with Gasteiger partial charge in [0.05, 0.1) is 4.47 Å². The van der Waals surface area contributed by atoms with Gasteiger partial charge in [0, 0.05) is 11.1 Å². The van der Waals surface area contributed by atoms with E-state index in [0.717, 1.165) is 12.8 Å². The molecule has 0 aliphatic rings. The van der Waals surface area contributed by atoms with E-state index in [9.17, 15) is 9.18 Å².